The Morgan fingerprint density at radius 3 is 2.75 bits per heavy atom. The molecule has 0 saturated carbocycles. The van der Waals surface area contributed by atoms with Crippen molar-refractivity contribution in [2.45, 2.75) is 13.2 Å². The van der Waals surface area contributed by atoms with Gasteiger partial charge in [-0.1, -0.05) is 6.07 Å². The predicted octanol–water partition coefficient (Wildman–Crippen LogP) is 1.46. The Morgan fingerprint density at radius 1 is 1.45 bits per heavy atom. The zero-order valence-electron chi connectivity index (χ0n) is 11.4. The lowest BCUT2D eigenvalue weighted by atomic mass is 10.1. The Morgan fingerprint density at radius 2 is 2.20 bits per heavy atom. The van der Waals surface area contributed by atoms with E-state index >= 15 is 0 Å². The summed E-state index contributed by atoms with van der Waals surface area (Å²) in [4.78, 5) is 12.5. The van der Waals surface area contributed by atoms with Crippen molar-refractivity contribution in [2.24, 2.45) is 7.05 Å². The molecule has 1 heterocycles. The van der Waals surface area contributed by atoms with Gasteiger partial charge in [-0.3, -0.25) is 14.8 Å². The van der Waals surface area contributed by atoms with Crippen molar-refractivity contribution >= 4 is 11.4 Å². The summed E-state index contributed by atoms with van der Waals surface area (Å²) in [7, 11) is 3.61. The standard InChI is InChI=1S/C13H16N4O3/c1-15(7-11-6-14-16(2)8-11)12-4-3-10(9-18)5-13(12)17(19)20/h3-6,8,18H,7,9H2,1-2H3. The first kappa shape index (κ1) is 14.0. The molecule has 106 valence electrons. The lowest BCUT2D eigenvalue weighted by molar-refractivity contribution is -0.384. The summed E-state index contributed by atoms with van der Waals surface area (Å²) in [5.74, 6) is 0. The lowest BCUT2D eigenvalue weighted by Gasteiger charge is -2.18. The Hall–Kier alpha value is -2.41. The second-order valence-corrected chi connectivity index (χ2v) is 4.62. The maximum absolute atomic E-state index is 11.1. The summed E-state index contributed by atoms with van der Waals surface area (Å²) in [5, 5.41) is 24.3. The Balaban J connectivity index is 2.28. The zero-order valence-corrected chi connectivity index (χ0v) is 11.4. The molecular formula is C13H16N4O3. The van der Waals surface area contributed by atoms with Gasteiger partial charge in [-0.2, -0.15) is 5.10 Å². The van der Waals surface area contributed by atoms with E-state index in [2.05, 4.69) is 5.10 Å². The van der Waals surface area contributed by atoms with Crippen LogP contribution in [0.25, 0.3) is 0 Å². The van der Waals surface area contributed by atoms with Crippen LogP contribution in [0.4, 0.5) is 11.4 Å². The highest BCUT2D eigenvalue weighted by Crippen LogP contribution is 2.29. The van der Waals surface area contributed by atoms with Gasteiger partial charge in [-0.05, 0) is 11.6 Å². The average Bonchev–Trinajstić information content (AvgIpc) is 2.83. The van der Waals surface area contributed by atoms with Gasteiger partial charge in [0.25, 0.3) is 5.69 Å². The first-order valence-corrected chi connectivity index (χ1v) is 6.08. The van der Waals surface area contributed by atoms with Crippen LogP contribution in [0, 0.1) is 10.1 Å². The van der Waals surface area contributed by atoms with Crippen LogP contribution in [0.3, 0.4) is 0 Å². The number of nitrogens with zero attached hydrogens (tertiary/aromatic N) is 4. The molecule has 1 N–H and O–H groups in total. The van der Waals surface area contributed by atoms with E-state index in [-0.39, 0.29) is 12.3 Å². The summed E-state index contributed by atoms with van der Waals surface area (Å²) < 4.78 is 1.69. The third-order valence-corrected chi connectivity index (χ3v) is 3.01. The van der Waals surface area contributed by atoms with E-state index in [1.807, 2.05) is 13.2 Å². The van der Waals surface area contributed by atoms with Gasteiger partial charge in [0.15, 0.2) is 0 Å². The molecule has 0 unspecified atom stereocenters. The van der Waals surface area contributed by atoms with Gasteiger partial charge in [-0.25, -0.2) is 0 Å². The van der Waals surface area contributed by atoms with Crippen LogP contribution in [0.5, 0.6) is 0 Å². The fraction of sp³-hybridized carbons (Fsp3) is 0.308. The Labute approximate surface area is 116 Å². The summed E-state index contributed by atoms with van der Waals surface area (Å²) in [6.07, 6.45) is 3.59. The van der Waals surface area contributed by atoms with Gasteiger partial charge >= 0.3 is 0 Å². The van der Waals surface area contributed by atoms with Crippen molar-refractivity contribution < 1.29 is 10.0 Å². The molecule has 0 saturated heterocycles. The Kier molecular flexibility index (Phi) is 3.99. The van der Waals surface area contributed by atoms with E-state index in [0.717, 1.165) is 5.56 Å². The van der Waals surface area contributed by atoms with Crippen molar-refractivity contribution in [2.75, 3.05) is 11.9 Å². The molecule has 0 amide bonds. The lowest BCUT2D eigenvalue weighted by Crippen LogP contribution is -2.17. The molecule has 0 aliphatic rings. The molecule has 0 fully saturated rings. The molecule has 1 aromatic carbocycles. The van der Waals surface area contributed by atoms with Crippen LogP contribution in [-0.2, 0) is 20.2 Å². The van der Waals surface area contributed by atoms with Gasteiger partial charge < -0.3 is 10.0 Å². The predicted molar refractivity (Wildman–Crippen MR) is 74.3 cm³/mol. The molecule has 7 heteroatoms. The van der Waals surface area contributed by atoms with Crippen molar-refractivity contribution in [3.05, 3.63) is 51.8 Å². The smallest absolute Gasteiger partial charge is 0.292 e. The SMILES string of the molecule is CN(Cc1cnn(C)c1)c1ccc(CO)cc1[N+](=O)[O-]. The third kappa shape index (κ3) is 2.94. The van der Waals surface area contributed by atoms with Crippen molar-refractivity contribution in [3.8, 4) is 0 Å². The zero-order chi connectivity index (χ0) is 14.7. The number of nitro benzene ring substituents is 1. The van der Waals surface area contributed by atoms with Crippen molar-refractivity contribution in [1.82, 2.24) is 9.78 Å². The number of nitro groups is 1. The molecule has 0 radical (unpaired) electrons. The first-order valence-electron chi connectivity index (χ1n) is 6.08. The largest absolute Gasteiger partial charge is 0.392 e. The molecule has 0 atom stereocenters. The maximum atomic E-state index is 11.1. The van der Waals surface area contributed by atoms with Crippen LogP contribution in [-0.4, -0.2) is 26.9 Å². The molecule has 0 bridgehead atoms. The molecule has 7 nitrogen and oxygen atoms in total. The molecule has 0 aliphatic heterocycles. The van der Waals surface area contributed by atoms with Crippen LogP contribution in [0.2, 0.25) is 0 Å². The topological polar surface area (TPSA) is 84.4 Å². The van der Waals surface area contributed by atoms with E-state index in [0.29, 0.717) is 17.8 Å². The highest BCUT2D eigenvalue weighted by Gasteiger charge is 2.18. The maximum Gasteiger partial charge on any atom is 0.292 e. The average molecular weight is 276 g/mol. The van der Waals surface area contributed by atoms with Crippen LogP contribution in [0.15, 0.2) is 30.6 Å². The van der Waals surface area contributed by atoms with E-state index in [4.69, 9.17) is 5.11 Å². The van der Waals surface area contributed by atoms with E-state index in [1.165, 1.54) is 6.07 Å². The second kappa shape index (κ2) is 5.70. The molecule has 0 aliphatic carbocycles. The molecule has 2 aromatic rings. The molecular weight excluding hydrogens is 260 g/mol. The minimum atomic E-state index is -0.436. The van der Waals surface area contributed by atoms with Gasteiger partial charge in [0.1, 0.15) is 5.69 Å². The van der Waals surface area contributed by atoms with E-state index in [1.54, 1.807) is 35.0 Å². The minimum absolute atomic E-state index is 0.0112. The monoisotopic (exact) mass is 276 g/mol. The number of aromatic nitrogens is 2. The molecule has 0 spiro atoms. The summed E-state index contributed by atoms with van der Waals surface area (Å²) in [5.41, 5.74) is 1.99. The fourth-order valence-electron chi connectivity index (χ4n) is 2.05. The number of anilines is 1. The molecule has 20 heavy (non-hydrogen) atoms. The highest BCUT2D eigenvalue weighted by atomic mass is 16.6. The third-order valence-electron chi connectivity index (χ3n) is 3.01. The summed E-state index contributed by atoms with van der Waals surface area (Å²) in [6, 6.07) is 4.73. The van der Waals surface area contributed by atoms with Crippen molar-refractivity contribution in [1.29, 1.82) is 0 Å². The molecule has 2 rings (SSSR count). The number of aryl methyl sites for hydroxylation is 1. The number of hydrogen-bond donors (Lipinski definition) is 1. The number of rotatable bonds is 5. The fourth-order valence-corrected chi connectivity index (χ4v) is 2.05. The number of aliphatic hydroxyl groups excluding tert-OH is 1. The van der Waals surface area contributed by atoms with Gasteiger partial charge in [0.05, 0.1) is 17.7 Å². The highest BCUT2D eigenvalue weighted by molar-refractivity contribution is 5.64. The van der Waals surface area contributed by atoms with Gasteiger partial charge in [0, 0.05) is 38.5 Å². The summed E-state index contributed by atoms with van der Waals surface area (Å²) in [6.45, 7) is 0.306. The van der Waals surface area contributed by atoms with Gasteiger partial charge in [0.2, 0.25) is 0 Å². The summed E-state index contributed by atoms with van der Waals surface area (Å²) >= 11 is 0. The van der Waals surface area contributed by atoms with Crippen LogP contribution < -0.4 is 4.90 Å². The number of hydrogen-bond acceptors (Lipinski definition) is 5. The van der Waals surface area contributed by atoms with Crippen molar-refractivity contribution in [3.63, 3.8) is 0 Å². The van der Waals surface area contributed by atoms with Crippen LogP contribution >= 0.6 is 0 Å². The first-order chi connectivity index (χ1) is 9.51. The second-order valence-electron chi connectivity index (χ2n) is 4.62. The quantitative estimate of drug-likeness (QED) is 0.660. The number of aliphatic hydroxyl groups is 1. The van der Waals surface area contributed by atoms with Crippen LogP contribution in [0.1, 0.15) is 11.1 Å². The minimum Gasteiger partial charge on any atom is -0.392 e. The van der Waals surface area contributed by atoms with Gasteiger partial charge in [-0.15, -0.1) is 0 Å². The normalized spacial score (nSPS) is 10.6. The van der Waals surface area contributed by atoms with E-state index < -0.39 is 4.92 Å². The van der Waals surface area contributed by atoms with E-state index in [9.17, 15) is 10.1 Å². The molecule has 1 aromatic heterocycles. The number of benzene rings is 1. The Bertz CT molecular complexity index is 624.